The van der Waals surface area contributed by atoms with Crippen molar-refractivity contribution in [1.29, 1.82) is 0 Å². The van der Waals surface area contributed by atoms with Crippen molar-refractivity contribution in [3.05, 3.63) is 11.8 Å². The zero-order valence-electron chi connectivity index (χ0n) is 12.7. The molecule has 0 aliphatic carbocycles. The molecule has 0 aromatic carbocycles. The lowest BCUT2D eigenvalue weighted by molar-refractivity contribution is 0.0542. The second kappa shape index (κ2) is 9.86. The molecule has 0 saturated carbocycles. The van der Waals surface area contributed by atoms with Gasteiger partial charge in [-0.3, -0.25) is 9.80 Å². The van der Waals surface area contributed by atoms with Crippen LogP contribution < -0.4 is 0 Å². The Kier molecular flexibility index (Phi) is 9.79. The highest BCUT2D eigenvalue weighted by Crippen LogP contribution is 2.20. The van der Waals surface area contributed by atoms with Gasteiger partial charge in [-0.25, -0.2) is 0 Å². The topological polar surface area (TPSA) is 6.48 Å². The summed E-state index contributed by atoms with van der Waals surface area (Å²) in [6, 6.07) is 0. The van der Waals surface area contributed by atoms with E-state index in [0.717, 1.165) is 31.7 Å². The molecule has 0 aromatic rings. The summed E-state index contributed by atoms with van der Waals surface area (Å²) in [4.78, 5) is 5.24. The summed E-state index contributed by atoms with van der Waals surface area (Å²) in [7, 11) is -0.0985. The van der Waals surface area contributed by atoms with Gasteiger partial charge < -0.3 is 0 Å². The molecule has 0 aliphatic heterocycles. The molecule has 0 amide bonds. The van der Waals surface area contributed by atoms with Gasteiger partial charge in [0.2, 0.25) is 0 Å². The largest absolute Gasteiger partial charge is 0.288 e. The van der Waals surface area contributed by atoms with Crippen molar-refractivity contribution in [2.24, 2.45) is 0 Å². The van der Waals surface area contributed by atoms with Crippen LogP contribution in [-0.2, 0) is 0 Å². The molecule has 0 rings (SSSR count). The van der Waals surface area contributed by atoms with Crippen molar-refractivity contribution < 1.29 is 0 Å². The Morgan fingerprint density at radius 3 is 1.65 bits per heavy atom. The molecule has 0 radical (unpaired) electrons. The van der Waals surface area contributed by atoms with Gasteiger partial charge in [0.1, 0.15) is 0 Å². The maximum absolute atomic E-state index is 2.62. The number of allylic oxidation sites excluding steroid dienone is 1. The maximum atomic E-state index is 2.62. The molecule has 0 saturated heterocycles. The molecule has 17 heavy (non-hydrogen) atoms. The van der Waals surface area contributed by atoms with Crippen molar-refractivity contribution in [3.63, 3.8) is 0 Å². The van der Waals surface area contributed by atoms with Gasteiger partial charge >= 0.3 is 0 Å². The molecule has 1 atom stereocenters. The fourth-order valence-electron chi connectivity index (χ4n) is 2.62. The fourth-order valence-corrected chi connectivity index (χ4v) is 4.16. The molecule has 0 aliphatic rings. The van der Waals surface area contributed by atoms with Crippen LogP contribution in [0, 0.1) is 0 Å². The quantitative estimate of drug-likeness (QED) is 0.462. The molecule has 0 heterocycles. The molecule has 0 spiro atoms. The number of hydrogen-bond acceptors (Lipinski definition) is 2. The maximum Gasteiger partial charge on any atom is 0.0621 e. The lowest BCUT2D eigenvalue weighted by Gasteiger charge is -2.41. The first-order chi connectivity index (χ1) is 8.15. The van der Waals surface area contributed by atoms with Gasteiger partial charge in [-0.15, -0.1) is 5.70 Å². The van der Waals surface area contributed by atoms with Crippen molar-refractivity contribution in [2.45, 2.75) is 53.2 Å². The highest BCUT2D eigenvalue weighted by atomic mass is 28.2. The van der Waals surface area contributed by atoms with Gasteiger partial charge in [0.05, 0.1) is 15.7 Å². The molecular weight excluding hydrogens is 224 g/mol. The van der Waals surface area contributed by atoms with E-state index in [2.05, 4.69) is 63.1 Å². The van der Waals surface area contributed by atoms with Crippen LogP contribution in [-0.4, -0.2) is 51.7 Å². The third-order valence-electron chi connectivity index (χ3n) is 3.63. The lowest BCUT2D eigenvalue weighted by atomic mass is 10.2. The Hall–Kier alpha value is -0.123. The van der Waals surface area contributed by atoms with E-state index in [4.69, 9.17) is 0 Å². The van der Waals surface area contributed by atoms with E-state index in [1.54, 1.807) is 0 Å². The Morgan fingerprint density at radius 1 is 0.941 bits per heavy atom. The highest BCUT2D eigenvalue weighted by molar-refractivity contribution is 6.44. The normalized spacial score (nSPS) is 15.1. The van der Waals surface area contributed by atoms with Crippen LogP contribution >= 0.6 is 0 Å². The van der Waals surface area contributed by atoms with Gasteiger partial charge in [-0.1, -0.05) is 40.7 Å². The van der Waals surface area contributed by atoms with Crippen molar-refractivity contribution in [1.82, 2.24) is 9.80 Å². The molecule has 0 bridgehead atoms. The van der Waals surface area contributed by atoms with E-state index in [0.29, 0.717) is 6.17 Å². The van der Waals surface area contributed by atoms with Gasteiger partial charge in [0.15, 0.2) is 0 Å². The minimum Gasteiger partial charge on any atom is -0.288 e. The Morgan fingerprint density at radius 2 is 1.35 bits per heavy atom. The third-order valence-corrected chi connectivity index (χ3v) is 5.53. The predicted octanol–water partition coefficient (Wildman–Crippen LogP) is 2.51. The van der Waals surface area contributed by atoms with Crippen molar-refractivity contribution in [3.8, 4) is 0 Å². The van der Waals surface area contributed by atoms with Crippen molar-refractivity contribution in [2.75, 3.05) is 26.2 Å². The number of nitrogens with zero attached hydrogens (tertiary/aromatic N) is 2. The van der Waals surface area contributed by atoms with Crippen LogP contribution in [0.2, 0.25) is 5.54 Å². The first-order valence-electron chi connectivity index (χ1n) is 7.25. The predicted molar refractivity (Wildman–Crippen MR) is 82.4 cm³/mol. The monoisotopic (exact) mass is 256 g/mol. The number of hydrogen-bond donors (Lipinski definition) is 0. The third kappa shape index (κ3) is 5.36. The van der Waals surface area contributed by atoms with Crippen molar-refractivity contribution >= 4 is 9.52 Å². The summed E-state index contributed by atoms with van der Waals surface area (Å²) < 4.78 is 0. The van der Waals surface area contributed by atoms with Crippen LogP contribution in [0.3, 0.4) is 0 Å². The average Bonchev–Trinajstić information content (AvgIpc) is 2.36. The zero-order valence-corrected chi connectivity index (χ0v) is 14.2. The highest BCUT2D eigenvalue weighted by Gasteiger charge is 2.26. The second-order valence-electron chi connectivity index (χ2n) is 4.64. The van der Waals surface area contributed by atoms with E-state index in [1.807, 2.05) is 0 Å². The number of rotatable bonds is 9. The minimum absolute atomic E-state index is 0.0985. The Bertz CT molecular complexity index is 186. The molecule has 102 valence electrons. The van der Waals surface area contributed by atoms with Gasteiger partial charge in [0.25, 0.3) is 0 Å². The molecule has 0 fully saturated rings. The first-order valence-corrected chi connectivity index (χ1v) is 8.88. The van der Waals surface area contributed by atoms with Crippen LogP contribution in [0.15, 0.2) is 11.8 Å². The molecular formula is C14H32N2Si. The zero-order chi connectivity index (χ0) is 13.3. The van der Waals surface area contributed by atoms with Crippen LogP contribution in [0.5, 0.6) is 0 Å². The average molecular weight is 257 g/mol. The summed E-state index contributed by atoms with van der Waals surface area (Å²) >= 11 is 0. The second-order valence-corrected chi connectivity index (χ2v) is 6.87. The smallest absolute Gasteiger partial charge is 0.0621 e. The Labute approximate surface area is 111 Å². The van der Waals surface area contributed by atoms with Gasteiger partial charge in [-0.2, -0.15) is 0 Å². The van der Waals surface area contributed by atoms with Crippen LogP contribution in [0.25, 0.3) is 0 Å². The summed E-state index contributed by atoms with van der Waals surface area (Å²) in [6.45, 7) is 18.3. The van der Waals surface area contributed by atoms with E-state index in [1.165, 1.54) is 0 Å². The summed E-state index contributed by atoms with van der Waals surface area (Å²) in [6.07, 6.45) is 2.87. The van der Waals surface area contributed by atoms with E-state index < -0.39 is 0 Å². The Balaban J connectivity index is 4.79. The van der Waals surface area contributed by atoms with Crippen LogP contribution in [0.1, 0.15) is 41.5 Å². The molecule has 0 N–H and O–H groups in total. The lowest BCUT2D eigenvalue weighted by Crippen LogP contribution is -2.51. The SMILES string of the molecule is CC=C[SiH2]C(C)C(N(CC)CC)N(CC)CC. The summed E-state index contributed by atoms with van der Waals surface area (Å²) in [5.74, 6) is 0. The molecule has 1 unspecified atom stereocenters. The van der Waals surface area contributed by atoms with Crippen LogP contribution in [0.4, 0.5) is 0 Å². The first kappa shape index (κ1) is 16.9. The van der Waals surface area contributed by atoms with E-state index in [9.17, 15) is 0 Å². The molecule has 3 heteroatoms. The fraction of sp³-hybridized carbons (Fsp3) is 0.857. The minimum atomic E-state index is -0.0985. The van der Waals surface area contributed by atoms with Gasteiger partial charge in [-0.05, 0) is 38.6 Å². The summed E-state index contributed by atoms with van der Waals surface area (Å²) in [5.41, 5.74) is 3.26. The molecule has 2 nitrogen and oxygen atoms in total. The van der Waals surface area contributed by atoms with E-state index in [-0.39, 0.29) is 9.52 Å². The van der Waals surface area contributed by atoms with E-state index >= 15 is 0 Å². The van der Waals surface area contributed by atoms with Gasteiger partial charge in [0, 0.05) is 0 Å². The standard InChI is InChI=1S/C14H32N2Si/c1-7-12-17-13(6)14(15(8-2)9-3)16(10-4)11-5/h7,12-14H,8-11,17H2,1-6H3. The summed E-state index contributed by atoms with van der Waals surface area (Å²) in [5, 5.41) is 0. The molecule has 0 aromatic heterocycles.